The Hall–Kier alpha value is -1.77. The van der Waals surface area contributed by atoms with Crippen molar-refractivity contribution in [3.63, 3.8) is 0 Å². The molecule has 0 aromatic heterocycles. The van der Waals surface area contributed by atoms with E-state index in [4.69, 9.17) is 11.6 Å². The number of halogens is 4. The van der Waals surface area contributed by atoms with Crippen LogP contribution < -0.4 is 5.30 Å². The van der Waals surface area contributed by atoms with Gasteiger partial charge in [-0.15, -0.1) is 9.24 Å². The fourth-order valence-electron chi connectivity index (χ4n) is 2.66. The molecule has 0 amide bonds. The van der Waals surface area contributed by atoms with Gasteiger partial charge < -0.3 is 5.11 Å². The highest BCUT2D eigenvalue weighted by Crippen LogP contribution is 2.33. The molecule has 1 saturated carbocycles. The normalized spacial score (nSPS) is 14.4. The van der Waals surface area contributed by atoms with Crippen molar-refractivity contribution in [1.29, 1.82) is 0 Å². The molecule has 2 aromatic rings. The molecule has 130 valence electrons. The summed E-state index contributed by atoms with van der Waals surface area (Å²) in [6, 6.07) is 6.22. The van der Waals surface area contributed by atoms with Crippen molar-refractivity contribution in [3.05, 3.63) is 81.3 Å². The summed E-state index contributed by atoms with van der Waals surface area (Å²) in [6.07, 6.45) is 3.92. The molecule has 6 heteroatoms. The van der Waals surface area contributed by atoms with Gasteiger partial charge in [-0.2, -0.15) is 0 Å². The van der Waals surface area contributed by atoms with Gasteiger partial charge in [0.15, 0.2) is 11.6 Å². The Morgan fingerprint density at radius 2 is 1.68 bits per heavy atom. The molecule has 1 aliphatic rings. The Bertz CT molecular complexity index is 900. The zero-order chi connectivity index (χ0) is 18.1. The number of allylic oxidation sites excluding steroid dienone is 2. The number of hydrogen-bond acceptors (Lipinski definition) is 1. The molecule has 0 aliphatic heterocycles. The smallest absolute Gasteiger partial charge is 0.161 e. The van der Waals surface area contributed by atoms with E-state index in [1.165, 1.54) is 6.08 Å². The predicted octanol–water partition coefficient (Wildman–Crippen LogP) is 5.69. The van der Waals surface area contributed by atoms with Crippen LogP contribution in [0.25, 0.3) is 5.57 Å². The van der Waals surface area contributed by atoms with Crippen LogP contribution in [-0.4, -0.2) is 5.11 Å². The third kappa shape index (κ3) is 3.75. The molecule has 0 heterocycles. The summed E-state index contributed by atoms with van der Waals surface area (Å²) in [6.45, 7) is 0. The summed E-state index contributed by atoms with van der Waals surface area (Å²) in [5.41, 5.74) is 1.54. The Balaban J connectivity index is 2.23. The van der Waals surface area contributed by atoms with Gasteiger partial charge in [-0.25, -0.2) is 13.2 Å². The van der Waals surface area contributed by atoms with E-state index < -0.39 is 17.5 Å². The third-order valence-corrected chi connectivity index (χ3v) is 4.92. The average molecular weight is 383 g/mol. The summed E-state index contributed by atoms with van der Waals surface area (Å²) in [7, 11) is 2.48. The topological polar surface area (TPSA) is 20.2 Å². The lowest BCUT2D eigenvalue weighted by Crippen LogP contribution is -2.06. The molecule has 0 bridgehead atoms. The lowest BCUT2D eigenvalue weighted by atomic mass is 9.89. The van der Waals surface area contributed by atoms with Crippen LogP contribution in [0.3, 0.4) is 0 Å². The van der Waals surface area contributed by atoms with Crippen LogP contribution in [0.2, 0.25) is 5.02 Å². The molecule has 1 nitrogen and oxygen atoms in total. The fraction of sp³-hybridized carbons (Fsp3) is 0.158. The largest absolute Gasteiger partial charge is 0.508 e. The van der Waals surface area contributed by atoms with Crippen molar-refractivity contribution in [2.45, 2.75) is 19.3 Å². The van der Waals surface area contributed by atoms with Crippen LogP contribution in [0, 0.1) is 17.5 Å². The standard InChI is InChI=1S/C19H15ClF3OP/c20-11-4-5-12(19(25)6-11)13(8-18(24)10-2-1-3-10)14-7-16(22)17(23)9-15(14)21/h4-9,24H,1-3,25H2/b13-8-. The number of aliphatic hydroxyl groups excluding tert-OH is 1. The van der Waals surface area contributed by atoms with Crippen LogP contribution >= 0.6 is 20.8 Å². The van der Waals surface area contributed by atoms with Crippen molar-refractivity contribution in [3.8, 4) is 0 Å². The number of aliphatic hydroxyl groups is 1. The minimum atomic E-state index is -1.26. The monoisotopic (exact) mass is 382 g/mol. The Morgan fingerprint density at radius 3 is 2.28 bits per heavy atom. The van der Waals surface area contributed by atoms with Gasteiger partial charge >= 0.3 is 0 Å². The van der Waals surface area contributed by atoms with E-state index in [-0.39, 0.29) is 16.9 Å². The summed E-state index contributed by atoms with van der Waals surface area (Å²) in [5, 5.41) is 11.4. The van der Waals surface area contributed by atoms with Gasteiger partial charge in [0, 0.05) is 16.7 Å². The zero-order valence-electron chi connectivity index (χ0n) is 13.1. The van der Waals surface area contributed by atoms with Gasteiger partial charge in [0.2, 0.25) is 0 Å². The Morgan fingerprint density at radius 1 is 1.00 bits per heavy atom. The highest BCUT2D eigenvalue weighted by Gasteiger charge is 2.19. The molecule has 3 rings (SSSR count). The molecular formula is C19H15ClF3OP. The molecule has 1 fully saturated rings. The van der Waals surface area contributed by atoms with Gasteiger partial charge in [0.25, 0.3) is 0 Å². The first-order valence-electron chi connectivity index (χ1n) is 7.70. The van der Waals surface area contributed by atoms with E-state index in [2.05, 4.69) is 9.24 Å². The van der Waals surface area contributed by atoms with Gasteiger partial charge in [0.1, 0.15) is 11.6 Å². The summed E-state index contributed by atoms with van der Waals surface area (Å²) in [4.78, 5) is 0. The summed E-state index contributed by atoms with van der Waals surface area (Å²) >= 11 is 5.96. The average Bonchev–Trinajstić information content (AvgIpc) is 2.47. The van der Waals surface area contributed by atoms with Crippen LogP contribution in [-0.2, 0) is 0 Å². The highest BCUT2D eigenvalue weighted by molar-refractivity contribution is 7.27. The van der Waals surface area contributed by atoms with Crippen molar-refractivity contribution in [2.75, 3.05) is 0 Å². The maximum Gasteiger partial charge on any atom is 0.161 e. The molecule has 0 radical (unpaired) electrons. The first-order valence-corrected chi connectivity index (χ1v) is 8.65. The van der Waals surface area contributed by atoms with Crippen molar-refractivity contribution < 1.29 is 18.3 Å². The van der Waals surface area contributed by atoms with Crippen LogP contribution in [0.5, 0.6) is 0 Å². The Labute approximate surface area is 151 Å². The molecule has 2 aromatic carbocycles. The van der Waals surface area contributed by atoms with Crippen LogP contribution in [0.15, 0.2) is 47.7 Å². The van der Waals surface area contributed by atoms with Crippen molar-refractivity contribution >= 4 is 31.7 Å². The first kappa shape index (κ1) is 18.0. The van der Waals surface area contributed by atoms with Crippen LogP contribution in [0.1, 0.15) is 30.4 Å². The van der Waals surface area contributed by atoms with Crippen molar-refractivity contribution in [2.24, 2.45) is 0 Å². The second kappa shape index (κ2) is 7.23. The van der Waals surface area contributed by atoms with E-state index >= 15 is 0 Å². The lowest BCUT2D eigenvalue weighted by Gasteiger charge is -2.18. The Kier molecular flexibility index (Phi) is 5.21. The lowest BCUT2D eigenvalue weighted by molar-refractivity contribution is 0.407. The molecule has 0 saturated heterocycles. The third-order valence-electron chi connectivity index (χ3n) is 4.20. The van der Waals surface area contributed by atoms with E-state index in [1.54, 1.807) is 18.2 Å². The first-order chi connectivity index (χ1) is 11.9. The van der Waals surface area contributed by atoms with Gasteiger partial charge in [-0.05, 0) is 65.6 Å². The maximum atomic E-state index is 14.3. The zero-order valence-corrected chi connectivity index (χ0v) is 15.0. The maximum absolute atomic E-state index is 14.3. The second-order valence-corrected chi connectivity index (χ2v) is 6.94. The number of hydrogen-bond donors (Lipinski definition) is 1. The van der Waals surface area contributed by atoms with Gasteiger partial charge in [-0.3, -0.25) is 0 Å². The minimum absolute atomic E-state index is 0.0322. The summed E-state index contributed by atoms with van der Waals surface area (Å²) in [5.74, 6) is -3.29. The van der Waals surface area contributed by atoms with Gasteiger partial charge in [-0.1, -0.05) is 17.7 Å². The fourth-order valence-corrected chi connectivity index (χ4v) is 3.37. The molecule has 25 heavy (non-hydrogen) atoms. The van der Waals surface area contributed by atoms with E-state index in [0.29, 0.717) is 22.0 Å². The summed E-state index contributed by atoms with van der Waals surface area (Å²) < 4.78 is 41.3. The van der Waals surface area contributed by atoms with Crippen molar-refractivity contribution in [1.82, 2.24) is 0 Å². The number of benzene rings is 2. The molecule has 1 aliphatic carbocycles. The van der Waals surface area contributed by atoms with E-state index in [1.807, 2.05) is 0 Å². The van der Waals surface area contributed by atoms with Crippen LogP contribution in [0.4, 0.5) is 13.2 Å². The molecule has 1 N–H and O–H groups in total. The number of rotatable bonds is 3. The molecule has 0 spiro atoms. The molecule has 1 atom stereocenters. The predicted molar refractivity (Wildman–Crippen MR) is 97.7 cm³/mol. The second-order valence-electron chi connectivity index (χ2n) is 5.88. The van der Waals surface area contributed by atoms with Gasteiger partial charge in [0.05, 0.1) is 0 Å². The SMILES string of the molecule is OC(/C=C(\c1cc(F)c(F)cc1F)c1ccc(Cl)cc1P)=C1CCC1. The quantitative estimate of drug-likeness (QED) is 0.411. The molecule has 1 unspecified atom stereocenters. The minimum Gasteiger partial charge on any atom is -0.508 e. The molecular weight excluding hydrogens is 368 g/mol. The highest BCUT2D eigenvalue weighted by atomic mass is 35.5. The van der Waals surface area contributed by atoms with E-state index in [9.17, 15) is 18.3 Å². The van der Waals surface area contributed by atoms with E-state index in [0.717, 1.165) is 30.9 Å².